The van der Waals surface area contributed by atoms with Crippen molar-refractivity contribution >= 4 is 5.82 Å². The summed E-state index contributed by atoms with van der Waals surface area (Å²) in [5.74, 6) is 0.616. The molecule has 3 heterocycles. The molecule has 2 aromatic carbocycles. The Morgan fingerprint density at radius 1 is 0.812 bits per heavy atom. The molecule has 32 heavy (non-hydrogen) atoms. The summed E-state index contributed by atoms with van der Waals surface area (Å²) in [5.41, 5.74) is 2.14. The maximum absolute atomic E-state index is 13.6. The van der Waals surface area contributed by atoms with Gasteiger partial charge in [0.05, 0.1) is 24.6 Å². The molecule has 1 aromatic heterocycles. The van der Waals surface area contributed by atoms with Gasteiger partial charge in [-0.25, -0.2) is 13.9 Å². The van der Waals surface area contributed by atoms with Gasteiger partial charge in [0, 0.05) is 13.1 Å². The second-order valence-corrected chi connectivity index (χ2v) is 8.64. The summed E-state index contributed by atoms with van der Waals surface area (Å²) >= 11 is 0. The fourth-order valence-electron chi connectivity index (χ4n) is 4.69. The molecule has 0 unspecified atom stereocenters. The molecule has 7 heteroatoms. The molecule has 1 saturated heterocycles. The molecule has 0 aliphatic carbocycles. The van der Waals surface area contributed by atoms with Crippen LogP contribution in [0.2, 0.25) is 0 Å². The summed E-state index contributed by atoms with van der Waals surface area (Å²) in [6, 6.07) is 19.8. The van der Waals surface area contributed by atoms with Gasteiger partial charge < -0.3 is 5.32 Å². The Bertz CT molecular complexity index is 1180. The molecule has 5 rings (SSSR count). The Morgan fingerprint density at radius 3 is 2.22 bits per heavy atom. The number of hydrogen-bond acceptors (Lipinski definition) is 5. The molecule has 2 aliphatic heterocycles. The molecule has 1 fully saturated rings. The lowest BCUT2D eigenvalue weighted by Gasteiger charge is -2.32. The zero-order valence-electron chi connectivity index (χ0n) is 18.2. The molecular weight excluding hydrogens is 402 g/mol. The topological polar surface area (TPSA) is 62.5 Å². The number of likely N-dealkylation sites (tertiary alicyclic amines) is 1. The Kier molecular flexibility index (Phi) is 5.92. The van der Waals surface area contributed by atoms with Crippen LogP contribution < -0.4 is 16.6 Å². The van der Waals surface area contributed by atoms with E-state index in [4.69, 9.17) is 0 Å². The van der Waals surface area contributed by atoms with E-state index in [1.807, 2.05) is 48.5 Å². The number of nitrogens with zero attached hydrogens (tertiary/aromatic N) is 4. The first-order valence-corrected chi connectivity index (χ1v) is 11.4. The maximum atomic E-state index is 13.6. The van der Waals surface area contributed by atoms with E-state index < -0.39 is 0 Å². The van der Waals surface area contributed by atoms with Gasteiger partial charge in [-0.2, -0.15) is 0 Å². The van der Waals surface area contributed by atoms with E-state index in [2.05, 4.69) is 27.2 Å². The molecule has 0 amide bonds. The Hall–Kier alpha value is -3.16. The lowest BCUT2D eigenvalue weighted by Crippen LogP contribution is -2.49. The second kappa shape index (κ2) is 9.14. The van der Waals surface area contributed by atoms with Gasteiger partial charge in [-0.05, 0) is 43.6 Å². The average Bonchev–Trinajstić information content (AvgIpc) is 2.84. The van der Waals surface area contributed by atoms with Crippen LogP contribution in [-0.4, -0.2) is 38.7 Å². The van der Waals surface area contributed by atoms with E-state index in [0.717, 1.165) is 38.2 Å². The summed E-state index contributed by atoms with van der Waals surface area (Å²) in [6.45, 7) is 4.01. The zero-order valence-corrected chi connectivity index (χ0v) is 18.2. The lowest BCUT2D eigenvalue weighted by molar-refractivity contribution is 0.174. The Balaban J connectivity index is 1.56. The van der Waals surface area contributed by atoms with Crippen molar-refractivity contribution in [3.63, 3.8) is 0 Å². The highest BCUT2D eigenvalue weighted by atomic mass is 16.2. The first kappa shape index (κ1) is 20.7. The SMILES string of the molecule is O=c1c2c(n(-c3ccccc3)c(=O)n1CN1CCCCC1)NCN(Cc1ccccc1)C2. The van der Waals surface area contributed by atoms with Crippen LogP contribution >= 0.6 is 0 Å². The van der Waals surface area contributed by atoms with E-state index in [1.165, 1.54) is 16.6 Å². The number of hydrogen-bond donors (Lipinski definition) is 1. The van der Waals surface area contributed by atoms with Gasteiger partial charge in [-0.3, -0.25) is 14.6 Å². The van der Waals surface area contributed by atoms with E-state index in [0.29, 0.717) is 31.3 Å². The first-order valence-electron chi connectivity index (χ1n) is 11.4. The largest absolute Gasteiger partial charge is 0.358 e. The van der Waals surface area contributed by atoms with Crippen LogP contribution in [0.15, 0.2) is 70.3 Å². The highest BCUT2D eigenvalue weighted by Gasteiger charge is 2.26. The molecule has 0 radical (unpaired) electrons. The highest BCUT2D eigenvalue weighted by Crippen LogP contribution is 2.22. The van der Waals surface area contributed by atoms with Crippen molar-refractivity contribution in [1.29, 1.82) is 0 Å². The van der Waals surface area contributed by atoms with Crippen molar-refractivity contribution in [2.75, 3.05) is 25.1 Å². The van der Waals surface area contributed by atoms with Crippen LogP contribution in [0.4, 0.5) is 5.82 Å². The molecule has 7 nitrogen and oxygen atoms in total. The van der Waals surface area contributed by atoms with Gasteiger partial charge in [0.25, 0.3) is 5.56 Å². The second-order valence-electron chi connectivity index (χ2n) is 8.64. The van der Waals surface area contributed by atoms with Gasteiger partial charge in [-0.15, -0.1) is 0 Å². The molecule has 0 saturated carbocycles. The zero-order chi connectivity index (χ0) is 21.9. The minimum Gasteiger partial charge on any atom is -0.358 e. The Labute approximate surface area is 187 Å². The number of piperidine rings is 1. The van der Waals surface area contributed by atoms with Crippen LogP contribution in [0, 0.1) is 0 Å². The maximum Gasteiger partial charge on any atom is 0.338 e. The smallest absolute Gasteiger partial charge is 0.338 e. The fraction of sp³-hybridized carbons (Fsp3) is 0.360. The number of anilines is 1. The molecule has 3 aromatic rings. The molecule has 0 spiro atoms. The van der Waals surface area contributed by atoms with Gasteiger partial charge in [-0.1, -0.05) is 55.0 Å². The minimum absolute atomic E-state index is 0.187. The summed E-state index contributed by atoms with van der Waals surface area (Å²) in [7, 11) is 0. The third-order valence-corrected chi connectivity index (χ3v) is 6.34. The van der Waals surface area contributed by atoms with Crippen molar-refractivity contribution in [1.82, 2.24) is 18.9 Å². The van der Waals surface area contributed by atoms with Crippen molar-refractivity contribution in [3.8, 4) is 5.69 Å². The first-order chi connectivity index (χ1) is 15.7. The van der Waals surface area contributed by atoms with E-state index in [1.54, 1.807) is 4.57 Å². The van der Waals surface area contributed by atoms with Crippen LogP contribution in [0.25, 0.3) is 5.69 Å². The van der Waals surface area contributed by atoms with Crippen LogP contribution in [0.1, 0.15) is 30.4 Å². The van der Waals surface area contributed by atoms with Crippen molar-refractivity contribution in [2.24, 2.45) is 0 Å². The van der Waals surface area contributed by atoms with E-state index in [-0.39, 0.29) is 11.2 Å². The third kappa shape index (κ3) is 4.13. The molecule has 1 N–H and O–H groups in total. The van der Waals surface area contributed by atoms with Gasteiger partial charge in [0.2, 0.25) is 0 Å². The number of fused-ring (bicyclic) bond motifs is 1. The normalized spacial score (nSPS) is 17.0. The standard InChI is InChI=1S/C25H29N5O2/c31-24-22-17-28(16-20-10-4-1-5-11-20)18-26-23(22)30(21-12-6-2-7-13-21)25(32)29(24)19-27-14-8-3-9-15-27/h1-2,4-7,10-13,26H,3,8-9,14-19H2. The van der Waals surface area contributed by atoms with E-state index >= 15 is 0 Å². The predicted octanol–water partition coefficient (Wildman–Crippen LogP) is 2.83. The summed E-state index contributed by atoms with van der Waals surface area (Å²) in [6.07, 6.45) is 3.43. The van der Waals surface area contributed by atoms with Gasteiger partial charge in [0.15, 0.2) is 0 Å². The number of para-hydroxylation sites is 1. The summed E-state index contributed by atoms with van der Waals surface area (Å²) in [5, 5.41) is 3.37. The molecule has 0 atom stereocenters. The number of rotatable bonds is 5. The number of nitrogens with one attached hydrogen (secondary N) is 1. The van der Waals surface area contributed by atoms with Gasteiger partial charge in [0.1, 0.15) is 5.82 Å². The third-order valence-electron chi connectivity index (χ3n) is 6.34. The monoisotopic (exact) mass is 431 g/mol. The molecule has 166 valence electrons. The number of aromatic nitrogens is 2. The molecule has 0 bridgehead atoms. The fourth-order valence-corrected chi connectivity index (χ4v) is 4.69. The lowest BCUT2D eigenvalue weighted by atomic mass is 10.1. The Morgan fingerprint density at radius 2 is 1.50 bits per heavy atom. The van der Waals surface area contributed by atoms with Crippen molar-refractivity contribution < 1.29 is 0 Å². The number of benzene rings is 2. The molecular formula is C25H29N5O2. The minimum atomic E-state index is -0.283. The van der Waals surface area contributed by atoms with E-state index in [9.17, 15) is 9.59 Å². The van der Waals surface area contributed by atoms with Crippen LogP contribution in [0.3, 0.4) is 0 Å². The summed E-state index contributed by atoms with van der Waals surface area (Å²) < 4.78 is 3.09. The highest BCUT2D eigenvalue weighted by molar-refractivity contribution is 5.52. The quantitative estimate of drug-likeness (QED) is 0.673. The van der Waals surface area contributed by atoms with Gasteiger partial charge >= 0.3 is 5.69 Å². The predicted molar refractivity (Wildman–Crippen MR) is 126 cm³/mol. The average molecular weight is 432 g/mol. The summed E-state index contributed by atoms with van der Waals surface area (Å²) in [4.78, 5) is 31.5. The van der Waals surface area contributed by atoms with Crippen LogP contribution in [-0.2, 0) is 19.8 Å². The van der Waals surface area contributed by atoms with Crippen LogP contribution in [0.5, 0.6) is 0 Å². The van der Waals surface area contributed by atoms with Crippen molar-refractivity contribution in [3.05, 3.63) is 92.6 Å². The van der Waals surface area contributed by atoms with Crippen molar-refractivity contribution in [2.45, 2.75) is 39.0 Å². The molecule has 2 aliphatic rings.